The number of carbonyl (C=O) groups excluding carboxylic acids is 2. The lowest BCUT2D eigenvalue weighted by Gasteiger charge is -2.36. The van der Waals surface area contributed by atoms with Gasteiger partial charge in [-0.2, -0.15) is 0 Å². The van der Waals surface area contributed by atoms with Gasteiger partial charge in [-0.25, -0.2) is 4.79 Å². The summed E-state index contributed by atoms with van der Waals surface area (Å²) in [5.74, 6) is -0.575. The van der Waals surface area contributed by atoms with E-state index >= 15 is 0 Å². The average Bonchev–Trinajstić information content (AvgIpc) is 2.44. The van der Waals surface area contributed by atoms with Crippen molar-refractivity contribution in [2.24, 2.45) is 11.3 Å². The quantitative estimate of drug-likeness (QED) is 0.569. The summed E-state index contributed by atoms with van der Waals surface area (Å²) in [5.41, 5.74) is 0.279. The second kappa shape index (κ2) is 8.81. The third-order valence-corrected chi connectivity index (χ3v) is 5.10. The zero-order valence-corrected chi connectivity index (χ0v) is 15.2. The van der Waals surface area contributed by atoms with E-state index in [9.17, 15) is 9.59 Å². The first-order valence-corrected chi connectivity index (χ1v) is 9.32. The lowest BCUT2D eigenvalue weighted by molar-refractivity contribution is -0.120. The normalized spacial score (nSPS) is 23.3. The molecule has 0 aliphatic heterocycles. The van der Waals surface area contributed by atoms with Crippen molar-refractivity contribution >= 4 is 20.4 Å². The molecule has 0 bridgehead atoms. The lowest BCUT2D eigenvalue weighted by atomic mass is 9.72. The van der Waals surface area contributed by atoms with Gasteiger partial charge >= 0.3 is 6.09 Å². The number of carbonyl (C=O) groups is 2. The molecule has 0 aromatic rings. The molecule has 1 fully saturated rings. The molecular weight excluding hydrogens is 319 g/mol. The SMILES string of the molecule is CC(NC(=O)CNC(=O)OC1CCC(C(C)(C)C)CC1)P(O)O. The number of nitrogens with one attached hydrogen (secondary N) is 2. The molecule has 1 aliphatic rings. The van der Waals surface area contributed by atoms with Gasteiger partial charge in [-0.3, -0.25) is 4.79 Å². The molecule has 1 unspecified atom stereocenters. The molecule has 7 nitrogen and oxygen atoms in total. The molecular formula is C15H29N2O5P. The monoisotopic (exact) mass is 348 g/mol. The van der Waals surface area contributed by atoms with Gasteiger partial charge in [-0.1, -0.05) is 20.8 Å². The van der Waals surface area contributed by atoms with E-state index in [0.29, 0.717) is 5.92 Å². The number of alkyl carbamates (subject to hydrolysis) is 1. The van der Waals surface area contributed by atoms with Crippen LogP contribution in [0.1, 0.15) is 53.4 Å². The molecule has 2 amide bonds. The van der Waals surface area contributed by atoms with Crippen LogP contribution in [-0.4, -0.2) is 40.2 Å². The smallest absolute Gasteiger partial charge is 0.407 e. The molecule has 8 heteroatoms. The second-order valence-corrected chi connectivity index (χ2v) is 8.58. The van der Waals surface area contributed by atoms with Gasteiger partial charge in [-0.15, -0.1) is 0 Å². The molecule has 134 valence electrons. The minimum absolute atomic E-state index is 0.0988. The summed E-state index contributed by atoms with van der Waals surface area (Å²) in [6.45, 7) is 7.93. The summed E-state index contributed by atoms with van der Waals surface area (Å²) in [5, 5.41) is 4.77. The van der Waals surface area contributed by atoms with E-state index in [1.807, 2.05) is 0 Å². The van der Waals surface area contributed by atoms with Gasteiger partial charge in [0, 0.05) is 0 Å². The van der Waals surface area contributed by atoms with E-state index < -0.39 is 26.2 Å². The van der Waals surface area contributed by atoms with Crippen LogP contribution in [0.15, 0.2) is 0 Å². The third kappa shape index (κ3) is 7.46. The topological polar surface area (TPSA) is 108 Å². The van der Waals surface area contributed by atoms with Crippen LogP contribution in [0.3, 0.4) is 0 Å². The van der Waals surface area contributed by atoms with Crippen LogP contribution in [0.5, 0.6) is 0 Å². The zero-order chi connectivity index (χ0) is 17.6. The summed E-state index contributed by atoms with van der Waals surface area (Å²) >= 11 is 0. The number of hydrogen-bond acceptors (Lipinski definition) is 5. The van der Waals surface area contributed by atoms with Gasteiger partial charge in [0.2, 0.25) is 5.91 Å². The van der Waals surface area contributed by atoms with Crippen molar-refractivity contribution in [2.75, 3.05) is 6.54 Å². The Kier molecular flexibility index (Phi) is 7.71. The van der Waals surface area contributed by atoms with Crippen molar-refractivity contribution in [1.29, 1.82) is 0 Å². The van der Waals surface area contributed by atoms with Crippen LogP contribution in [0.2, 0.25) is 0 Å². The molecule has 1 saturated carbocycles. The van der Waals surface area contributed by atoms with E-state index in [2.05, 4.69) is 31.4 Å². The maximum atomic E-state index is 11.7. The fourth-order valence-corrected chi connectivity index (χ4v) is 2.99. The summed E-state index contributed by atoms with van der Waals surface area (Å²) in [4.78, 5) is 41.1. The molecule has 0 saturated heterocycles. The summed E-state index contributed by atoms with van der Waals surface area (Å²) in [7, 11) is -2.22. The molecule has 23 heavy (non-hydrogen) atoms. The molecule has 0 heterocycles. The van der Waals surface area contributed by atoms with Gasteiger partial charge in [0.15, 0.2) is 8.38 Å². The highest BCUT2D eigenvalue weighted by atomic mass is 31.2. The highest BCUT2D eigenvalue weighted by Gasteiger charge is 2.31. The number of ether oxygens (including phenoxy) is 1. The van der Waals surface area contributed by atoms with E-state index in [1.54, 1.807) is 0 Å². The van der Waals surface area contributed by atoms with Crippen LogP contribution in [0.4, 0.5) is 4.79 Å². The van der Waals surface area contributed by atoms with E-state index in [4.69, 9.17) is 14.5 Å². The first-order valence-electron chi connectivity index (χ1n) is 8.00. The Balaban J connectivity index is 2.24. The highest BCUT2D eigenvalue weighted by Crippen LogP contribution is 2.38. The predicted molar refractivity (Wildman–Crippen MR) is 88.6 cm³/mol. The Labute approximate surface area is 139 Å². The predicted octanol–water partition coefficient (Wildman–Crippen LogP) is 2.08. The maximum Gasteiger partial charge on any atom is 0.407 e. The van der Waals surface area contributed by atoms with Gasteiger partial charge in [0.25, 0.3) is 0 Å². The minimum atomic E-state index is -2.22. The fourth-order valence-electron chi connectivity index (χ4n) is 2.73. The Morgan fingerprint density at radius 1 is 1.22 bits per heavy atom. The van der Waals surface area contributed by atoms with Crippen LogP contribution < -0.4 is 10.6 Å². The van der Waals surface area contributed by atoms with E-state index in [0.717, 1.165) is 25.7 Å². The minimum Gasteiger partial charge on any atom is -0.446 e. The summed E-state index contributed by atoms with van der Waals surface area (Å²) in [6, 6.07) is 0. The van der Waals surface area contributed by atoms with Crippen molar-refractivity contribution < 1.29 is 24.1 Å². The van der Waals surface area contributed by atoms with Crippen molar-refractivity contribution in [3.05, 3.63) is 0 Å². The van der Waals surface area contributed by atoms with Crippen molar-refractivity contribution in [3.8, 4) is 0 Å². The van der Waals surface area contributed by atoms with Crippen LogP contribution in [0, 0.1) is 11.3 Å². The molecule has 1 aliphatic carbocycles. The number of rotatable bonds is 5. The van der Waals surface area contributed by atoms with E-state index in [1.165, 1.54) is 6.92 Å². The van der Waals surface area contributed by atoms with Gasteiger partial charge < -0.3 is 25.2 Å². The Morgan fingerprint density at radius 3 is 2.26 bits per heavy atom. The molecule has 0 aromatic carbocycles. The van der Waals surface area contributed by atoms with E-state index in [-0.39, 0.29) is 18.1 Å². The highest BCUT2D eigenvalue weighted by molar-refractivity contribution is 7.45. The first-order chi connectivity index (χ1) is 10.6. The van der Waals surface area contributed by atoms with Crippen molar-refractivity contribution in [1.82, 2.24) is 10.6 Å². The molecule has 1 atom stereocenters. The van der Waals surface area contributed by atoms with Crippen LogP contribution >= 0.6 is 8.38 Å². The Morgan fingerprint density at radius 2 is 1.78 bits per heavy atom. The van der Waals surface area contributed by atoms with Crippen molar-refractivity contribution in [2.45, 2.75) is 65.3 Å². The Bertz CT molecular complexity index is 403. The van der Waals surface area contributed by atoms with Gasteiger partial charge in [0.1, 0.15) is 12.6 Å². The molecule has 0 spiro atoms. The molecule has 0 aromatic heterocycles. The lowest BCUT2D eigenvalue weighted by Crippen LogP contribution is -2.41. The summed E-state index contributed by atoms with van der Waals surface area (Å²) < 4.78 is 5.33. The molecule has 4 N–H and O–H groups in total. The standard InChI is InChI=1S/C15H29N2O5P/c1-10(23(20)21)17-13(18)9-16-14(19)22-12-7-5-11(6-8-12)15(2,3)4/h10-12,20-21H,5-9H2,1-4H3,(H,16,19)(H,17,18). The molecule has 0 radical (unpaired) electrons. The second-order valence-electron chi connectivity index (χ2n) is 7.16. The third-order valence-electron chi connectivity index (χ3n) is 4.28. The summed E-state index contributed by atoms with van der Waals surface area (Å²) in [6.07, 6.45) is 3.06. The number of hydrogen-bond donors (Lipinski definition) is 4. The first kappa shape index (κ1) is 20.1. The van der Waals surface area contributed by atoms with Crippen LogP contribution in [-0.2, 0) is 9.53 Å². The zero-order valence-electron chi connectivity index (χ0n) is 14.3. The fraction of sp³-hybridized carbons (Fsp3) is 0.867. The Hall–Kier alpha value is -0.910. The number of amides is 2. The van der Waals surface area contributed by atoms with Gasteiger partial charge in [0.05, 0.1) is 5.78 Å². The molecule has 1 rings (SSSR count). The van der Waals surface area contributed by atoms with Crippen molar-refractivity contribution in [3.63, 3.8) is 0 Å². The van der Waals surface area contributed by atoms with Crippen LogP contribution in [0.25, 0.3) is 0 Å². The average molecular weight is 348 g/mol. The maximum absolute atomic E-state index is 11.7. The van der Waals surface area contributed by atoms with Gasteiger partial charge in [-0.05, 0) is 43.9 Å². The largest absolute Gasteiger partial charge is 0.446 e.